The highest BCUT2D eigenvalue weighted by Crippen LogP contribution is 2.37. The van der Waals surface area contributed by atoms with Crippen molar-refractivity contribution < 1.29 is 14.4 Å². The van der Waals surface area contributed by atoms with Gasteiger partial charge in [-0.1, -0.05) is 19.1 Å². The van der Waals surface area contributed by atoms with E-state index in [1.54, 1.807) is 17.0 Å². The Morgan fingerprint density at radius 3 is 2.61 bits per heavy atom. The third-order valence-corrected chi connectivity index (χ3v) is 5.62. The molecule has 4 heterocycles. The molecule has 2 bridgehead atoms. The van der Waals surface area contributed by atoms with Crippen molar-refractivity contribution >= 4 is 11.6 Å². The summed E-state index contributed by atoms with van der Waals surface area (Å²) in [6.45, 7) is 4.32. The Morgan fingerprint density at radius 1 is 1.30 bits per heavy atom. The molecule has 0 saturated carbocycles. The minimum Gasteiger partial charge on any atom is -0.497 e. The Labute approximate surface area is 136 Å². The molecule has 3 saturated heterocycles. The molecule has 4 aliphatic heterocycles. The molecule has 5 rings (SSSR count). The van der Waals surface area contributed by atoms with Gasteiger partial charge in [0.15, 0.2) is 6.04 Å². The van der Waals surface area contributed by atoms with Gasteiger partial charge in [0.05, 0.1) is 20.2 Å². The predicted octanol–water partition coefficient (Wildman–Crippen LogP) is 1.02. The van der Waals surface area contributed by atoms with E-state index in [1.807, 2.05) is 19.1 Å². The quantitative estimate of drug-likeness (QED) is 0.905. The van der Waals surface area contributed by atoms with Crippen LogP contribution in [0.4, 0.5) is 0 Å². The first kappa shape index (κ1) is 14.7. The molecule has 122 valence electrons. The standard InChI is InChI=1S/C18H23N3O2/c1-3-15(22)21-17(13-4-6-14(23-2)7-5-13)18-16(19-21)12-8-10-20(18)11-9-12/h4-7,12,17-18H,3,8-11H2,1-2H3/p+1/t17-,18+/m0/s1. The van der Waals surface area contributed by atoms with Crippen molar-refractivity contribution in [2.75, 3.05) is 20.2 Å². The number of carbonyl (C=O) groups is 1. The van der Waals surface area contributed by atoms with E-state index >= 15 is 0 Å². The fourth-order valence-electron chi connectivity index (χ4n) is 4.42. The zero-order valence-electron chi connectivity index (χ0n) is 13.8. The van der Waals surface area contributed by atoms with E-state index in [-0.39, 0.29) is 11.9 Å². The Kier molecular flexibility index (Phi) is 3.60. The molecule has 0 radical (unpaired) electrons. The van der Waals surface area contributed by atoms with E-state index in [0.29, 0.717) is 18.4 Å². The van der Waals surface area contributed by atoms with Crippen LogP contribution >= 0.6 is 0 Å². The molecule has 0 spiro atoms. The summed E-state index contributed by atoms with van der Waals surface area (Å²) in [5.41, 5.74) is 2.43. The van der Waals surface area contributed by atoms with Crippen LogP contribution in [-0.2, 0) is 4.79 Å². The van der Waals surface area contributed by atoms with Crippen LogP contribution in [0.3, 0.4) is 0 Å². The van der Waals surface area contributed by atoms with Crippen LogP contribution in [0.1, 0.15) is 37.8 Å². The van der Waals surface area contributed by atoms with Crippen LogP contribution in [0.25, 0.3) is 0 Å². The maximum Gasteiger partial charge on any atom is 0.243 e. The number of piperidine rings is 3. The van der Waals surface area contributed by atoms with Crippen molar-refractivity contribution in [3.8, 4) is 5.75 Å². The number of ether oxygens (including phenoxy) is 1. The highest BCUT2D eigenvalue weighted by atomic mass is 16.5. The molecule has 23 heavy (non-hydrogen) atoms. The summed E-state index contributed by atoms with van der Waals surface area (Å²) >= 11 is 0. The first-order valence-electron chi connectivity index (χ1n) is 8.62. The lowest BCUT2D eigenvalue weighted by Gasteiger charge is -2.42. The van der Waals surface area contributed by atoms with Crippen molar-refractivity contribution in [2.24, 2.45) is 11.0 Å². The van der Waals surface area contributed by atoms with Gasteiger partial charge in [0.2, 0.25) is 5.91 Å². The zero-order valence-corrected chi connectivity index (χ0v) is 13.8. The van der Waals surface area contributed by atoms with Gasteiger partial charge in [0.25, 0.3) is 0 Å². The molecular weight excluding hydrogens is 290 g/mol. The molecule has 1 aromatic rings. The number of hydrogen-bond acceptors (Lipinski definition) is 3. The van der Waals surface area contributed by atoms with E-state index in [2.05, 4.69) is 12.1 Å². The summed E-state index contributed by atoms with van der Waals surface area (Å²) in [6, 6.07) is 8.51. The lowest BCUT2D eigenvalue weighted by molar-refractivity contribution is -0.927. The van der Waals surface area contributed by atoms with Gasteiger partial charge < -0.3 is 9.64 Å². The highest BCUT2D eigenvalue weighted by molar-refractivity contribution is 5.96. The molecule has 1 amide bonds. The van der Waals surface area contributed by atoms with Crippen LogP contribution in [0.5, 0.6) is 5.75 Å². The van der Waals surface area contributed by atoms with Gasteiger partial charge in [0, 0.05) is 25.2 Å². The van der Waals surface area contributed by atoms with Crippen LogP contribution in [-0.4, -0.2) is 42.9 Å². The minimum absolute atomic E-state index is 0.0430. The minimum atomic E-state index is 0.0430. The number of nitrogens with one attached hydrogen (secondary N) is 1. The number of quaternary nitrogens is 1. The maximum atomic E-state index is 12.5. The molecule has 0 unspecified atom stereocenters. The maximum absolute atomic E-state index is 12.5. The third kappa shape index (κ3) is 2.26. The summed E-state index contributed by atoms with van der Waals surface area (Å²) in [6.07, 6.45) is 2.93. The number of hydrogen-bond donors (Lipinski definition) is 1. The number of fused-ring (bicyclic) bond motifs is 2. The molecule has 1 N–H and O–H groups in total. The molecular formula is C18H24N3O2+. The SMILES string of the molecule is CCC(=O)N1N=C2C3CC[NH+](CC3)[C@H]2[C@@H]1c1ccc(OC)cc1. The second-order valence-corrected chi connectivity index (χ2v) is 6.74. The lowest BCUT2D eigenvalue weighted by Crippen LogP contribution is -3.20. The van der Waals surface area contributed by atoms with Crippen LogP contribution in [0, 0.1) is 5.92 Å². The van der Waals surface area contributed by atoms with E-state index in [1.165, 1.54) is 31.6 Å². The van der Waals surface area contributed by atoms with Crippen molar-refractivity contribution in [1.82, 2.24) is 5.01 Å². The lowest BCUT2D eigenvalue weighted by atomic mass is 9.78. The van der Waals surface area contributed by atoms with Gasteiger partial charge >= 0.3 is 0 Å². The van der Waals surface area contributed by atoms with Crippen LogP contribution in [0.15, 0.2) is 29.4 Å². The van der Waals surface area contributed by atoms with Gasteiger partial charge in [-0.3, -0.25) is 4.79 Å². The number of rotatable bonds is 3. The summed E-state index contributed by atoms with van der Waals surface area (Å²) in [5, 5.41) is 6.58. The molecule has 4 aliphatic rings. The molecule has 5 heteroatoms. The van der Waals surface area contributed by atoms with Gasteiger partial charge in [0.1, 0.15) is 17.5 Å². The summed E-state index contributed by atoms with van der Waals surface area (Å²) in [5.74, 6) is 1.54. The fraction of sp³-hybridized carbons (Fsp3) is 0.556. The zero-order chi connectivity index (χ0) is 16.0. The van der Waals surface area contributed by atoms with Crippen molar-refractivity contribution in [1.29, 1.82) is 0 Å². The van der Waals surface area contributed by atoms with E-state index < -0.39 is 0 Å². The molecule has 0 aliphatic carbocycles. The summed E-state index contributed by atoms with van der Waals surface area (Å²) < 4.78 is 5.27. The third-order valence-electron chi connectivity index (χ3n) is 5.62. The molecule has 5 nitrogen and oxygen atoms in total. The second-order valence-electron chi connectivity index (χ2n) is 6.74. The number of carbonyl (C=O) groups excluding carboxylic acids is 1. The molecule has 2 atom stereocenters. The summed E-state index contributed by atoms with van der Waals surface area (Å²) in [4.78, 5) is 14.1. The Morgan fingerprint density at radius 2 is 2.00 bits per heavy atom. The van der Waals surface area contributed by atoms with Crippen LogP contribution in [0.2, 0.25) is 0 Å². The smallest absolute Gasteiger partial charge is 0.243 e. The highest BCUT2D eigenvalue weighted by Gasteiger charge is 2.54. The number of methoxy groups -OCH3 is 1. The Balaban J connectivity index is 1.73. The van der Waals surface area contributed by atoms with E-state index in [9.17, 15) is 4.79 Å². The monoisotopic (exact) mass is 314 g/mol. The van der Waals surface area contributed by atoms with Gasteiger partial charge in [-0.15, -0.1) is 0 Å². The predicted molar refractivity (Wildman–Crippen MR) is 87.5 cm³/mol. The Hall–Kier alpha value is -1.88. The number of benzene rings is 1. The largest absolute Gasteiger partial charge is 0.497 e. The van der Waals surface area contributed by atoms with Crippen LogP contribution < -0.4 is 9.64 Å². The van der Waals surface area contributed by atoms with Crippen molar-refractivity contribution in [2.45, 2.75) is 38.3 Å². The average Bonchev–Trinajstić information content (AvgIpc) is 3.04. The number of amides is 1. The Bertz CT molecular complexity index is 632. The van der Waals surface area contributed by atoms with Gasteiger partial charge in [-0.05, 0) is 17.7 Å². The average molecular weight is 314 g/mol. The van der Waals surface area contributed by atoms with Gasteiger partial charge in [-0.2, -0.15) is 5.10 Å². The summed E-state index contributed by atoms with van der Waals surface area (Å²) in [7, 11) is 1.68. The van der Waals surface area contributed by atoms with E-state index in [4.69, 9.17) is 9.84 Å². The topological polar surface area (TPSA) is 46.3 Å². The molecule has 0 aromatic heterocycles. The fourth-order valence-corrected chi connectivity index (χ4v) is 4.42. The molecule has 3 fully saturated rings. The number of hydrazone groups is 1. The van der Waals surface area contributed by atoms with Crippen molar-refractivity contribution in [3.63, 3.8) is 0 Å². The molecule has 1 aromatic carbocycles. The van der Waals surface area contributed by atoms with Crippen molar-refractivity contribution in [3.05, 3.63) is 29.8 Å². The normalized spacial score (nSPS) is 31.7. The first-order valence-corrected chi connectivity index (χ1v) is 8.62. The second kappa shape index (κ2) is 5.64. The first-order chi connectivity index (χ1) is 11.2. The van der Waals surface area contributed by atoms with E-state index in [0.717, 1.165) is 11.3 Å². The number of nitrogens with zero attached hydrogens (tertiary/aromatic N) is 2. The van der Waals surface area contributed by atoms with Gasteiger partial charge in [-0.25, -0.2) is 5.01 Å².